The van der Waals surface area contributed by atoms with E-state index in [9.17, 15) is 19.8 Å². The number of carbonyl (C=O) groups excluding carboxylic acids is 2. The molecule has 0 spiro atoms. The molecule has 3 aromatic rings. The van der Waals surface area contributed by atoms with Crippen LogP contribution in [0.15, 0.2) is 67.0 Å². The van der Waals surface area contributed by atoms with E-state index >= 15 is 0 Å². The van der Waals surface area contributed by atoms with E-state index in [1.165, 1.54) is 18.5 Å². The molecular weight excluding hydrogens is 436 g/mol. The van der Waals surface area contributed by atoms with E-state index in [0.717, 1.165) is 22.3 Å². The number of hydrogen-bond acceptors (Lipinski definition) is 7. The Morgan fingerprint density at radius 2 is 1.65 bits per heavy atom. The zero-order chi connectivity index (χ0) is 24.1. The zero-order valence-electron chi connectivity index (χ0n) is 18.7. The summed E-state index contributed by atoms with van der Waals surface area (Å²) in [5, 5.41) is 23.2. The van der Waals surface area contributed by atoms with Crippen molar-refractivity contribution in [3.05, 3.63) is 89.2 Å². The molecule has 2 unspecified atom stereocenters. The van der Waals surface area contributed by atoms with E-state index in [1.54, 1.807) is 6.92 Å². The van der Waals surface area contributed by atoms with E-state index in [2.05, 4.69) is 22.4 Å². The molecule has 0 radical (unpaired) electrons. The van der Waals surface area contributed by atoms with Crippen LogP contribution in [0.25, 0.3) is 11.1 Å². The standard InChI is InChI=1S/C26H26N2O6/c1-2-33-25(31)17-11-16(12-27-13-17)24(30)23(29)14-28-26(32)34-15-22-20-9-5-3-7-18(20)19-8-4-6-10-21(19)22/h3-13,22-24,29-30H,2,14-15H2,1H3,(H,28,32). The summed E-state index contributed by atoms with van der Waals surface area (Å²) in [5.41, 5.74) is 4.85. The van der Waals surface area contributed by atoms with Gasteiger partial charge in [0.2, 0.25) is 0 Å². The first-order chi connectivity index (χ1) is 16.5. The van der Waals surface area contributed by atoms with Crippen molar-refractivity contribution >= 4 is 12.1 Å². The normalized spacial score (nSPS) is 14.0. The number of benzene rings is 2. The molecule has 34 heavy (non-hydrogen) atoms. The number of aliphatic hydroxyl groups excluding tert-OH is 2. The lowest BCUT2D eigenvalue weighted by Crippen LogP contribution is -2.36. The van der Waals surface area contributed by atoms with Crippen LogP contribution in [0.2, 0.25) is 0 Å². The Labute approximate surface area is 197 Å². The highest BCUT2D eigenvalue weighted by atomic mass is 16.5. The van der Waals surface area contributed by atoms with E-state index in [1.807, 2.05) is 36.4 Å². The molecular formula is C26H26N2O6. The Bertz CT molecular complexity index is 1140. The highest BCUT2D eigenvalue weighted by Crippen LogP contribution is 2.44. The highest BCUT2D eigenvalue weighted by molar-refractivity contribution is 5.89. The number of aromatic nitrogens is 1. The molecule has 2 aromatic carbocycles. The molecule has 176 valence electrons. The minimum absolute atomic E-state index is 0.0784. The molecule has 0 aliphatic heterocycles. The van der Waals surface area contributed by atoms with Crippen molar-refractivity contribution in [2.45, 2.75) is 25.0 Å². The topological polar surface area (TPSA) is 118 Å². The minimum Gasteiger partial charge on any atom is -0.462 e. The number of alkyl carbamates (subject to hydrolysis) is 1. The van der Waals surface area contributed by atoms with Crippen molar-refractivity contribution in [1.82, 2.24) is 10.3 Å². The number of esters is 1. The molecule has 1 aliphatic carbocycles. The number of nitrogens with zero attached hydrogens (tertiary/aromatic N) is 1. The molecule has 1 aliphatic rings. The number of ether oxygens (including phenoxy) is 2. The number of nitrogens with one attached hydrogen (secondary N) is 1. The summed E-state index contributed by atoms with van der Waals surface area (Å²) in [6.45, 7) is 1.78. The largest absolute Gasteiger partial charge is 0.462 e. The maximum Gasteiger partial charge on any atom is 0.407 e. The van der Waals surface area contributed by atoms with Crippen LogP contribution in [-0.4, -0.2) is 53.1 Å². The predicted octanol–water partition coefficient (Wildman–Crippen LogP) is 3.19. The van der Waals surface area contributed by atoms with Crippen LogP contribution >= 0.6 is 0 Å². The van der Waals surface area contributed by atoms with Gasteiger partial charge in [-0.3, -0.25) is 4.98 Å². The summed E-state index contributed by atoms with van der Waals surface area (Å²) in [6.07, 6.45) is -0.749. The Balaban J connectivity index is 1.32. The van der Waals surface area contributed by atoms with Gasteiger partial charge in [0.15, 0.2) is 0 Å². The van der Waals surface area contributed by atoms with Crippen molar-refractivity contribution in [3.63, 3.8) is 0 Å². The summed E-state index contributed by atoms with van der Waals surface area (Å²) in [5.74, 6) is -0.652. The fourth-order valence-electron chi connectivity index (χ4n) is 4.12. The molecule has 0 fully saturated rings. The number of rotatable bonds is 8. The first kappa shape index (κ1) is 23.4. The third kappa shape index (κ3) is 4.93. The third-order valence-electron chi connectivity index (χ3n) is 5.78. The summed E-state index contributed by atoms with van der Waals surface area (Å²) in [7, 11) is 0. The van der Waals surface area contributed by atoms with E-state index < -0.39 is 24.3 Å². The predicted molar refractivity (Wildman–Crippen MR) is 124 cm³/mol. The van der Waals surface area contributed by atoms with Crippen molar-refractivity contribution in [3.8, 4) is 11.1 Å². The van der Waals surface area contributed by atoms with Gasteiger partial charge in [0, 0.05) is 30.4 Å². The fourth-order valence-corrected chi connectivity index (χ4v) is 4.12. The number of fused-ring (bicyclic) bond motifs is 3. The van der Waals surface area contributed by atoms with Gasteiger partial charge in [-0.15, -0.1) is 0 Å². The molecule has 3 N–H and O–H groups in total. The number of pyridine rings is 1. The zero-order valence-corrected chi connectivity index (χ0v) is 18.7. The quantitative estimate of drug-likeness (QED) is 0.440. The average molecular weight is 463 g/mol. The van der Waals surface area contributed by atoms with Crippen molar-refractivity contribution < 1.29 is 29.3 Å². The van der Waals surface area contributed by atoms with Gasteiger partial charge in [0.1, 0.15) is 18.8 Å². The van der Waals surface area contributed by atoms with Gasteiger partial charge in [-0.1, -0.05) is 48.5 Å². The summed E-state index contributed by atoms with van der Waals surface area (Å²) in [4.78, 5) is 28.1. The average Bonchev–Trinajstić information content (AvgIpc) is 3.19. The SMILES string of the molecule is CCOC(=O)c1cncc(C(O)C(O)CNC(=O)OCC2c3ccccc3-c3ccccc32)c1. The Hall–Kier alpha value is -3.75. The molecule has 1 heterocycles. The molecule has 8 nitrogen and oxygen atoms in total. The number of amides is 1. The van der Waals surface area contributed by atoms with Crippen molar-refractivity contribution in [2.24, 2.45) is 0 Å². The minimum atomic E-state index is -1.37. The van der Waals surface area contributed by atoms with Gasteiger partial charge in [-0.05, 0) is 35.2 Å². The molecule has 0 saturated carbocycles. The molecule has 0 bridgehead atoms. The van der Waals surface area contributed by atoms with Gasteiger partial charge in [-0.25, -0.2) is 9.59 Å². The van der Waals surface area contributed by atoms with Crippen LogP contribution in [0.4, 0.5) is 4.79 Å². The maximum absolute atomic E-state index is 12.3. The lowest BCUT2D eigenvalue weighted by Gasteiger charge is -2.19. The number of hydrogen-bond donors (Lipinski definition) is 3. The molecule has 1 amide bonds. The van der Waals surface area contributed by atoms with Crippen LogP contribution in [0.5, 0.6) is 0 Å². The van der Waals surface area contributed by atoms with Crippen molar-refractivity contribution in [2.75, 3.05) is 19.8 Å². The lowest BCUT2D eigenvalue weighted by molar-refractivity contribution is 0.0182. The van der Waals surface area contributed by atoms with Crippen LogP contribution < -0.4 is 5.32 Å². The number of carbonyl (C=O) groups is 2. The van der Waals surface area contributed by atoms with Crippen LogP contribution in [0, 0.1) is 0 Å². The summed E-state index contributed by atoms with van der Waals surface area (Å²) >= 11 is 0. The van der Waals surface area contributed by atoms with Crippen LogP contribution in [-0.2, 0) is 9.47 Å². The second-order valence-electron chi connectivity index (χ2n) is 7.95. The lowest BCUT2D eigenvalue weighted by atomic mass is 9.98. The molecule has 4 rings (SSSR count). The first-order valence-corrected chi connectivity index (χ1v) is 11.1. The second kappa shape index (κ2) is 10.5. The first-order valence-electron chi connectivity index (χ1n) is 11.1. The van der Waals surface area contributed by atoms with E-state index in [4.69, 9.17) is 9.47 Å². The van der Waals surface area contributed by atoms with Gasteiger partial charge >= 0.3 is 12.1 Å². The third-order valence-corrected chi connectivity index (χ3v) is 5.78. The number of aliphatic hydroxyl groups is 2. The van der Waals surface area contributed by atoms with Crippen molar-refractivity contribution in [1.29, 1.82) is 0 Å². The second-order valence-corrected chi connectivity index (χ2v) is 7.95. The fraction of sp³-hybridized carbons (Fsp3) is 0.269. The molecule has 0 saturated heterocycles. The van der Waals surface area contributed by atoms with Crippen LogP contribution in [0.1, 0.15) is 46.0 Å². The Morgan fingerprint density at radius 3 is 2.29 bits per heavy atom. The monoisotopic (exact) mass is 462 g/mol. The van der Waals surface area contributed by atoms with E-state index in [0.29, 0.717) is 0 Å². The molecule has 2 atom stereocenters. The maximum atomic E-state index is 12.3. The van der Waals surface area contributed by atoms with Crippen LogP contribution in [0.3, 0.4) is 0 Å². The Morgan fingerprint density at radius 1 is 1.00 bits per heavy atom. The summed E-state index contributed by atoms with van der Waals surface area (Å²) in [6, 6.07) is 17.4. The summed E-state index contributed by atoms with van der Waals surface area (Å²) < 4.78 is 10.4. The highest BCUT2D eigenvalue weighted by Gasteiger charge is 2.29. The van der Waals surface area contributed by atoms with Gasteiger partial charge in [0.05, 0.1) is 12.2 Å². The molecule has 8 heteroatoms. The molecule has 1 aromatic heterocycles. The van der Waals surface area contributed by atoms with Gasteiger partial charge in [-0.2, -0.15) is 0 Å². The smallest absolute Gasteiger partial charge is 0.407 e. The van der Waals surface area contributed by atoms with Gasteiger partial charge < -0.3 is 25.0 Å². The Kier molecular flexibility index (Phi) is 7.20. The van der Waals surface area contributed by atoms with E-state index in [-0.39, 0.29) is 36.8 Å². The van der Waals surface area contributed by atoms with Gasteiger partial charge in [0.25, 0.3) is 0 Å².